The van der Waals surface area contributed by atoms with Gasteiger partial charge >= 0.3 is 0 Å². The molecular weight excluding hydrogens is 258 g/mol. The number of carbonyl (C=O) groups is 1. The van der Waals surface area contributed by atoms with Crippen LogP contribution < -0.4 is 17.0 Å². The van der Waals surface area contributed by atoms with Crippen LogP contribution in [0.15, 0.2) is 12.4 Å². The zero-order valence-corrected chi connectivity index (χ0v) is 11.8. The lowest BCUT2D eigenvalue weighted by molar-refractivity contribution is -0.690. The second-order valence-corrected chi connectivity index (χ2v) is 5.30. The van der Waals surface area contributed by atoms with Crippen LogP contribution in [0.3, 0.4) is 0 Å². The van der Waals surface area contributed by atoms with Crippen LogP contribution in [0, 0.1) is 6.92 Å². The van der Waals surface area contributed by atoms with Gasteiger partial charge in [0.15, 0.2) is 6.54 Å². The molecule has 0 radical (unpaired) electrons. The molecule has 17 heavy (non-hydrogen) atoms. The minimum atomic E-state index is 0. The number of hydrogen-bond acceptors (Lipinski definition) is 2. The highest BCUT2D eigenvalue weighted by Gasteiger charge is 2.20. The Kier molecular flexibility index (Phi) is 5.33. The number of carbonyl (C=O) groups excluding carboxylic acids is 1. The Morgan fingerprint density at radius 2 is 2.12 bits per heavy atom. The van der Waals surface area contributed by atoms with Gasteiger partial charge in [-0.05, 0) is 0 Å². The smallest absolute Gasteiger partial charge is 0.264 e. The number of thioether (sulfide) groups is 1. The third kappa shape index (κ3) is 3.39. The number of imidazole rings is 1. The highest BCUT2D eigenvalue weighted by Crippen LogP contribution is 2.09. The zero-order valence-electron chi connectivity index (χ0n) is 10.2. The Hall–Kier alpha value is -0.680. The predicted octanol–water partition coefficient (Wildman–Crippen LogP) is -2.80. The first kappa shape index (κ1) is 14.4. The van der Waals surface area contributed by atoms with E-state index in [-0.39, 0.29) is 18.3 Å². The van der Waals surface area contributed by atoms with E-state index < -0.39 is 0 Å². The van der Waals surface area contributed by atoms with Crippen molar-refractivity contribution >= 4 is 17.7 Å². The number of hydrogen-bond donors (Lipinski definition) is 0. The van der Waals surface area contributed by atoms with E-state index in [0.29, 0.717) is 6.54 Å². The summed E-state index contributed by atoms with van der Waals surface area (Å²) >= 11 is 1.92. The lowest BCUT2D eigenvalue weighted by Gasteiger charge is -2.25. The molecular formula is C11H18ClN3OS. The van der Waals surface area contributed by atoms with Crippen molar-refractivity contribution in [1.82, 2.24) is 9.47 Å². The standard InChI is InChI=1S/C11H18N3OS.ClH/c1-10-12(2)3-4-14(10)9-11(15)13-5-7-16-8-6-13;/h3-4H,5-9H2,1-2H3;1H/q+1;/p-1. The van der Waals surface area contributed by atoms with Gasteiger partial charge in [0, 0.05) is 31.5 Å². The quantitative estimate of drug-likeness (QED) is 0.546. The van der Waals surface area contributed by atoms with Crippen LogP contribution in [-0.4, -0.2) is 40.0 Å². The average Bonchev–Trinajstić information content (AvgIpc) is 2.62. The van der Waals surface area contributed by atoms with E-state index in [9.17, 15) is 4.79 Å². The zero-order chi connectivity index (χ0) is 11.5. The van der Waals surface area contributed by atoms with Crippen LogP contribution in [0.25, 0.3) is 0 Å². The third-order valence-corrected chi connectivity index (χ3v) is 4.01. The highest BCUT2D eigenvalue weighted by molar-refractivity contribution is 7.99. The molecule has 0 saturated carbocycles. The van der Waals surface area contributed by atoms with Crippen molar-refractivity contribution in [3.8, 4) is 0 Å². The molecule has 1 amide bonds. The van der Waals surface area contributed by atoms with E-state index in [1.54, 1.807) is 0 Å². The Bertz CT molecular complexity index is 388. The monoisotopic (exact) mass is 275 g/mol. The number of amides is 1. The Morgan fingerprint density at radius 1 is 1.47 bits per heavy atom. The maximum Gasteiger partial charge on any atom is 0.264 e. The molecule has 0 atom stereocenters. The summed E-state index contributed by atoms with van der Waals surface area (Å²) in [5.41, 5.74) is 0. The van der Waals surface area contributed by atoms with Gasteiger partial charge < -0.3 is 17.3 Å². The molecule has 1 fully saturated rings. The number of rotatable bonds is 2. The molecule has 0 N–H and O–H groups in total. The molecule has 0 unspecified atom stereocenters. The molecule has 1 aromatic rings. The van der Waals surface area contributed by atoms with Crippen LogP contribution in [0.1, 0.15) is 5.82 Å². The number of nitrogens with zero attached hydrogens (tertiary/aromatic N) is 3. The van der Waals surface area contributed by atoms with Crippen LogP contribution in [0.5, 0.6) is 0 Å². The molecule has 1 saturated heterocycles. The first-order valence-corrected chi connectivity index (χ1v) is 6.71. The van der Waals surface area contributed by atoms with E-state index >= 15 is 0 Å². The summed E-state index contributed by atoms with van der Waals surface area (Å²) in [4.78, 5) is 14.0. The van der Waals surface area contributed by atoms with Gasteiger partial charge in [0.25, 0.3) is 11.7 Å². The molecule has 2 rings (SSSR count). The predicted molar refractivity (Wildman–Crippen MR) is 64.3 cm³/mol. The van der Waals surface area contributed by atoms with Crippen molar-refractivity contribution in [1.29, 1.82) is 0 Å². The summed E-state index contributed by atoms with van der Waals surface area (Å²) < 4.78 is 4.03. The first-order valence-electron chi connectivity index (χ1n) is 5.55. The number of halogens is 1. The maximum absolute atomic E-state index is 12.0. The molecule has 0 bridgehead atoms. The van der Waals surface area contributed by atoms with Crippen molar-refractivity contribution in [2.45, 2.75) is 13.5 Å². The first-order chi connectivity index (χ1) is 7.68. The lowest BCUT2D eigenvalue weighted by Crippen LogP contribution is -3.00. The summed E-state index contributed by atoms with van der Waals surface area (Å²) in [7, 11) is 1.99. The van der Waals surface area contributed by atoms with Crippen LogP contribution >= 0.6 is 11.8 Å². The van der Waals surface area contributed by atoms with Crippen LogP contribution in [0.4, 0.5) is 0 Å². The van der Waals surface area contributed by atoms with Crippen LogP contribution in [-0.2, 0) is 18.4 Å². The largest absolute Gasteiger partial charge is 1.00 e. The SMILES string of the molecule is Cc1n(C)cc[n+]1CC(=O)N1CCSCC1.[Cl-]. The van der Waals surface area contributed by atoms with Crippen molar-refractivity contribution < 1.29 is 21.8 Å². The van der Waals surface area contributed by atoms with E-state index in [2.05, 4.69) is 0 Å². The normalized spacial score (nSPS) is 15.5. The molecule has 0 aromatic carbocycles. The van der Waals surface area contributed by atoms with Crippen molar-refractivity contribution in [2.75, 3.05) is 24.6 Å². The van der Waals surface area contributed by atoms with Crippen molar-refractivity contribution in [2.24, 2.45) is 7.05 Å². The Labute approximate surface area is 112 Å². The molecule has 1 aliphatic heterocycles. The van der Waals surface area contributed by atoms with Crippen molar-refractivity contribution in [3.63, 3.8) is 0 Å². The van der Waals surface area contributed by atoms with Gasteiger partial charge in [-0.1, -0.05) is 0 Å². The summed E-state index contributed by atoms with van der Waals surface area (Å²) in [6.07, 6.45) is 3.95. The Morgan fingerprint density at radius 3 is 2.65 bits per heavy atom. The second kappa shape index (κ2) is 6.31. The second-order valence-electron chi connectivity index (χ2n) is 4.08. The summed E-state index contributed by atoms with van der Waals surface area (Å²) in [5, 5.41) is 0. The molecule has 0 spiro atoms. The van der Waals surface area contributed by atoms with Gasteiger partial charge in [0.2, 0.25) is 0 Å². The fourth-order valence-corrected chi connectivity index (χ4v) is 2.73. The van der Waals surface area contributed by atoms with E-state index in [0.717, 1.165) is 30.4 Å². The number of aromatic nitrogens is 2. The Balaban J connectivity index is 0.00000144. The maximum atomic E-state index is 12.0. The summed E-state index contributed by atoms with van der Waals surface area (Å²) in [5.74, 6) is 3.49. The molecule has 2 heterocycles. The van der Waals surface area contributed by atoms with Gasteiger partial charge in [-0.15, -0.1) is 0 Å². The fourth-order valence-electron chi connectivity index (χ4n) is 1.82. The topological polar surface area (TPSA) is 29.1 Å². The molecule has 6 heteroatoms. The molecule has 1 aliphatic rings. The molecule has 0 aliphatic carbocycles. The number of aryl methyl sites for hydroxylation is 1. The average molecular weight is 276 g/mol. The van der Waals surface area contributed by atoms with Gasteiger partial charge in [-0.25, -0.2) is 9.13 Å². The van der Waals surface area contributed by atoms with E-state index in [4.69, 9.17) is 0 Å². The van der Waals surface area contributed by atoms with Crippen molar-refractivity contribution in [3.05, 3.63) is 18.2 Å². The van der Waals surface area contributed by atoms with Gasteiger partial charge in [-0.2, -0.15) is 11.8 Å². The lowest BCUT2D eigenvalue weighted by atomic mass is 10.4. The van der Waals surface area contributed by atoms with Gasteiger partial charge in [0.1, 0.15) is 12.4 Å². The molecule has 1 aromatic heterocycles. The summed E-state index contributed by atoms with van der Waals surface area (Å²) in [6, 6.07) is 0. The third-order valence-electron chi connectivity index (χ3n) is 3.07. The fraction of sp³-hybridized carbons (Fsp3) is 0.636. The van der Waals surface area contributed by atoms with Gasteiger partial charge in [0.05, 0.1) is 7.05 Å². The molecule has 96 valence electrons. The van der Waals surface area contributed by atoms with E-state index in [1.165, 1.54) is 0 Å². The minimum absolute atomic E-state index is 0. The minimum Gasteiger partial charge on any atom is -1.00 e. The van der Waals surface area contributed by atoms with E-state index in [1.807, 2.05) is 52.2 Å². The van der Waals surface area contributed by atoms with Crippen LogP contribution in [0.2, 0.25) is 0 Å². The van der Waals surface area contributed by atoms with Gasteiger partial charge in [-0.3, -0.25) is 4.79 Å². The highest BCUT2D eigenvalue weighted by atomic mass is 35.5. The molecule has 4 nitrogen and oxygen atoms in total. The summed E-state index contributed by atoms with van der Waals surface area (Å²) in [6.45, 7) is 4.29.